The van der Waals surface area contributed by atoms with Crippen molar-refractivity contribution in [1.29, 1.82) is 0 Å². The Bertz CT molecular complexity index is 952. The maximum atomic E-state index is 9.45. The van der Waals surface area contributed by atoms with Crippen molar-refractivity contribution in [2.75, 3.05) is 0 Å². The average molecular weight is 373 g/mol. The van der Waals surface area contributed by atoms with E-state index in [1.165, 1.54) is 5.56 Å². The minimum atomic E-state index is -0.0564. The Balaban J connectivity index is 1.99. The molecule has 0 aromatic heterocycles. The van der Waals surface area contributed by atoms with Crippen LogP contribution in [0, 0.1) is 6.92 Å². The van der Waals surface area contributed by atoms with E-state index >= 15 is 0 Å². The molecule has 1 N–H and O–H groups in total. The van der Waals surface area contributed by atoms with Crippen LogP contribution >= 0.6 is 0 Å². The van der Waals surface area contributed by atoms with E-state index < -0.39 is 0 Å². The van der Waals surface area contributed by atoms with E-state index in [2.05, 4.69) is 57.0 Å². The van der Waals surface area contributed by atoms with Gasteiger partial charge in [0, 0.05) is 17.3 Å². The second-order valence-electron chi connectivity index (χ2n) is 8.03. The fraction of sp³-hybridized carbons (Fsp3) is 0.240. The van der Waals surface area contributed by atoms with E-state index in [0.29, 0.717) is 6.61 Å². The molecule has 0 fully saturated rings. The molecule has 3 rings (SSSR count). The highest BCUT2D eigenvalue weighted by Crippen LogP contribution is 2.35. The van der Waals surface area contributed by atoms with Crippen LogP contribution in [0.15, 0.2) is 71.7 Å². The molecule has 0 amide bonds. The fourth-order valence-electron chi connectivity index (χ4n) is 3.03. The van der Waals surface area contributed by atoms with Gasteiger partial charge in [-0.15, -0.1) is 0 Å². The summed E-state index contributed by atoms with van der Waals surface area (Å²) >= 11 is 0. The van der Waals surface area contributed by atoms with Crippen molar-refractivity contribution in [1.82, 2.24) is 0 Å². The molecule has 0 saturated carbocycles. The third kappa shape index (κ3) is 5.01. The average Bonchev–Trinajstić information content (AvgIpc) is 2.66. The number of nitrogens with zero attached hydrogens (tertiary/aromatic N) is 1. The zero-order valence-electron chi connectivity index (χ0n) is 16.9. The van der Waals surface area contributed by atoms with Crippen molar-refractivity contribution in [2.45, 2.75) is 39.7 Å². The van der Waals surface area contributed by atoms with E-state index in [9.17, 15) is 5.11 Å². The normalized spacial score (nSPS) is 11.7. The second kappa shape index (κ2) is 8.30. The van der Waals surface area contributed by atoms with E-state index in [1.807, 2.05) is 24.4 Å². The zero-order valence-corrected chi connectivity index (χ0v) is 16.9. The van der Waals surface area contributed by atoms with Crippen molar-refractivity contribution in [2.24, 2.45) is 4.99 Å². The first-order valence-electron chi connectivity index (χ1n) is 9.48. The maximum absolute atomic E-state index is 9.45. The summed E-state index contributed by atoms with van der Waals surface area (Å²) in [5, 5.41) is 9.45. The molecule has 0 aliphatic rings. The molecule has 0 atom stereocenters. The second-order valence-corrected chi connectivity index (χ2v) is 8.03. The monoisotopic (exact) mass is 373 g/mol. The molecule has 0 radical (unpaired) electrons. The van der Waals surface area contributed by atoms with Crippen LogP contribution in [0.5, 0.6) is 11.5 Å². The summed E-state index contributed by atoms with van der Waals surface area (Å²) in [6.07, 6.45) is 1.84. The minimum Gasteiger partial charge on any atom is -0.508 e. The summed E-state index contributed by atoms with van der Waals surface area (Å²) in [5.41, 5.74) is 5.14. The van der Waals surface area contributed by atoms with Crippen molar-refractivity contribution in [3.63, 3.8) is 0 Å². The number of aromatic hydroxyl groups is 1. The molecule has 3 aromatic carbocycles. The van der Waals surface area contributed by atoms with E-state index in [4.69, 9.17) is 4.74 Å². The van der Waals surface area contributed by atoms with Crippen molar-refractivity contribution in [3.8, 4) is 11.5 Å². The smallest absolute Gasteiger partial charge is 0.132 e. The molecule has 0 spiro atoms. The number of hydrogen-bond donors (Lipinski definition) is 1. The van der Waals surface area contributed by atoms with Gasteiger partial charge in [0.05, 0.1) is 5.69 Å². The van der Waals surface area contributed by atoms with Gasteiger partial charge >= 0.3 is 0 Å². The number of phenolic OH excluding ortho intramolecular Hbond substituents is 1. The Morgan fingerprint density at radius 3 is 2.29 bits per heavy atom. The number of rotatable bonds is 5. The molecule has 0 aliphatic heterocycles. The lowest BCUT2D eigenvalue weighted by Crippen LogP contribution is -2.15. The standard InChI is InChI=1S/C25H27NO2/c1-18-14-20(16-26-21-10-12-22(27)13-11-21)24(23(15-18)25(2,3)4)28-17-19-8-6-5-7-9-19/h5-16,27H,17H2,1-4H3. The van der Waals surface area contributed by atoms with Gasteiger partial charge in [-0.25, -0.2) is 0 Å². The largest absolute Gasteiger partial charge is 0.508 e. The third-order valence-electron chi connectivity index (χ3n) is 4.50. The number of aryl methyl sites for hydroxylation is 1. The predicted octanol–water partition coefficient (Wildman–Crippen LogP) is 6.33. The highest BCUT2D eigenvalue weighted by atomic mass is 16.5. The van der Waals surface area contributed by atoms with Crippen molar-refractivity contribution < 1.29 is 9.84 Å². The lowest BCUT2D eigenvalue weighted by atomic mass is 9.84. The molecule has 3 nitrogen and oxygen atoms in total. The predicted molar refractivity (Wildman–Crippen MR) is 116 cm³/mol. The minimum absolute atomic E-state index is 0.0564. The molecular formula is C25H27NO2. The van der Waals surface area contributed by atoms with Gasteiger partial charge in [0.2, 0.25) is 0 Å². The van der Waals surface area contributed by atoms with Gasteiger partial charge in [-0.3, -0.25) is 4.99 Å². The molecule has 0 aliphatic carbocycles. The molecule has 144 valence electrons. The lowest BCUT2D eigenvalue weighted by Gasteiger charge is -2.25. The molecule has 0 unspecified atom stereocenters. The molecule has 0 bridgehead atoms. The summed E-state index contributed by atoms with van der Waals surface area (Å²) in [6.45, 7) is 9.18. The van der Waals surface area contributed by atoms with Crippen LogP contribution in [-0.2, 0) is 12.0 Å². The molecule has 28 heavy (non-hydrogen) atoms. The van der Waals surface area contributed by atoms with Gasteiger partial charge in [-0.2, -0.15) is 0 Å². The lowest BCUT2D eigenvalue weighted by molar-refractivity contribution is 0.297. The quantitative estimate of drug-likeness (QED) is 0.531. The first-order chi connectivity index (χ1) is 13.3. The Morgan fingerprint density at radius 1 is 0.964 bits per heavy atom. The van der Waals surface area contributed by atoms with E-state index in [1.54, 1.807) is 24.3 Å². The molecule has 3 heteroatoms. The zero-order chi connectivity index (χ0) is 20.1. The Morgan fingerprint density at radius 2 is 1.64 bits per heavy atom. The molecule has 0 heterocycles. The van der Waals surface area contributed by atoms with Gasteiger partial charge < -0.3 is 9.84 Å². The summed E-state index contributed by atoms with van der Waals surface area (Å²) in [6, 6.07) is 21.3. The van der Waals surface area contributed by atoms with Crippen LogP contribution in [0.2, 0.25) is 0 Å². The number of hydrogen-bond acceptors (Lipinski definition) is 3. The Hall–Kier alpha value is -3.07. The van der Waals surface area contributed by atoms with Crippen LogP contribution in [0.25, 0.3) is 0 Å². The molecule has 0 saturated heterocycles. The number of phenols is 1. The summed E-state index contributed by atoms with van der Waals surface area (Å²) in [4.78, 5) is 4.58. The maximum Gasteiger partial charge on any atom is 0.132 e. The van der Waals surface area contributed by atoms with Gasteiger partial charge in [0.15, 0.2) is 0 Å². The molecule has 3 aromatic rings. The summed E-state index contributed by atoms with van der Waals surface area (Å²) in [5.74, 6) is 1.10. The van der Waals surface area contributed by atoms with Crippen LogP contribution in [0.1, 0.15) is 43.0 Å². The summed E-state index contributed by atoms with van der Waals surface area (Å²) < 4.78 is 6.31. The third-order valence-corrected chi connectivity index (χ3v) is 4.50. The highest BCUT2D eigenvalue weighted by Gasteiger charge is 2.22. The van der Waals surface area contributed by atoms with Crippen molar-refractivity contribution in [3.05, 3.63) is 89.0 Å². The van der Waals surface area contributed by atoms with Gasteiger partial charge in [-0.05, 0) is 53.8 Å². The molecular weight excluding hydrogens is 346 g/mol. The number of benzene rings is 3. The van der Waals surface area contributed by atoms with Crippen LogP contribution < -0.4 is 4.74 Å². The van der Waals surface area contributed by atoms with Gasteiger partial charge in [0.25, 0.3) is 0 Å². The topological polar surface area (TPSA) is 41.8 Å². The first kappa shape index (κ1) is 19.7. The Kier molecular flexibility index (Phi) is 5.84. The van der Waals surface area contributed by atoms with Gasteiger partial charge in [0.1, 0.15) is 18.1 Å². The van der Waals surface area contributed by atoms with Gasteiger partial charge in [-0.1, -0.05) is 57.2 Å². The van der Waals surface area contributed by atoms with Crippen LogP contribution in [-0.4, -0.2) is 11.3 Å². The van der Waals surface area contributed by atoms with E-state index in [0.717, 1.165) is 28.1 Å². The van der Waals surface area contributed by atoms with E-state index in [-0.39, 0.29) is 11.2 Å². The SMILES string of the molecule is Cc1cc(C=Nc2ccc(O)cc2)c(OCc2ccccc2)c(C(C)(C)C)c1. The number of ether oxygens (including phenoxy) is 1. The highest BCUT2D eigenvalue weighted by molar-refractivity contribution is 5.87. The number of aliphatic imine (C=N–C) groups is 1. The summed E-state index contributed by atoms with van der Waals surface area (Å²) in [7, 11) is 0. The first-order valence-corrected chi connectivity index (χ1v) is 9.48. The fourth-order valence-corrected chi connectivity index (χ4v) is 3.03. The Labute approximate surface area is 167 Å². The van der Waals surface area contributed by atoms with Crippen LogP contribution in [0.4, 0.5) is 5.69 Å². The van der Waals surface area contributed by atoms with Crippen LogP contribution in [0.3, 0.4) is 0 Å². The van der Waals surface area contributed by atoms with Crippen molar-refractivity contribution >= 4 is 11.9 Å².